The van der Waals surface area contributed by atoms with Crippen LogP contribution in [0.15, 0.2) is 47.4 Å². The van der Waals surface area contributed by atoms with Crippen LogP contribution in [0, 0.1) is 11.6 Å². The minimum Gasteiger partial charge on any atom is -0.476 e. The van der Waals surface area contributed by atoms with E-state index in [1.807, 2.05) is 0 Å². The monoisotopic (exact) mass is 379 g/mol. The average Bonchev–Trinajstić information content (AvgIpc) is 2.98. The van der Waals surface area contributed by atoms with Gasteiger partial charge in [0.25, 0.3) is 0 Å². The zero-order valence-electron chi connectivity index (χ0n) is 13.2. The number of carboxylic acids is 1. The molecule has 7 nitrogen and oxygen atoms in total. The molecule has 1 heterocycles. The number of sulfone groups is 1. The lowest BCUT2D eigenvalue weighted by Crippen LogP contribution is -2.04. The van der Waals surface area contributed by atoms with Crippen molar-refractivity contribution in [1.82, 2.24) is 15.0 Å². The van der Waals surface area contributed by atoms with Crippen molar-refractivity contribution in [3.05, 3.63) is 59.8 Å². The van der Waals surface area contributed by atoms with Gasteiger partial charge in [0.15, 0.2) is 15.5 Å². The van der Waals surface area contributed by atoms with Crippen LogP contribution < -0.4 is 0 Å². The molecule has 0 amide bonds. The van der Waals surface area contributed by atoms with Crippen molar-refractivity contribution in [3.8, 4) is 16.9 Å². The summed E-state index contributed by atoms with van der Waals surface area (Å²) in [7, 11) is -3.42. The second-order valence-corrected chi connectivity index (χ2v) is 7.44. The lowest BCUT2D eigenvalue weighted by atomic mass is 10.1. The standard InChI is InChI=1S/C16H11F2N3O4S/c1-26(24,25)13-4-2-12(3-5-13)21-15(14(16(22)23)19-20-21)9-6-10(17)8-11(18)7-9/h2-8H,1H3,(H,22,23). The van der Waals surface area contributed by atoms with Gasteiger partial charge >= 0.3 is 5.97 Å². The van der Waals surface area contributed by atoms with Crippen molar-refractivity contribution in [2.24, 2.45) is 0 Å². The fourth-order valence-corrected chi connectivity index (χ4v) is 3.02. The number of hydrogen-bond acceptors (Lipinski definition) is 5. The number of carboxylic acid groups (broad SMARTS) is 1. The van der Waals surface area contributed by atoms with Gasteiger partial charge in [-0.05, 0) is 36.4 Å². The van der Waals surface area contributed by atoms with E-state index in [-0.39, 0.29) is 21.8 Å². The Morgan fingerprint density at radius 1 is 1.08 bits per heavy atom. The molecule has 2 aromatic carbocycles. The first kappa shape index (κ1) is 17.7. The maximum absolute atomic E-state index is 13.6. The molecule has 3 aromatic rings. The summed E-state index contributed by atoms with van der Waals surface area (Å²) < 4.78 is 51.3. The Morgan fingerprint density at radius 2 is 1.65 bits per heavy atom. The summed E-state index contributed by atoms with van der Waals surface area (Å²) in [4.78, 5) is 11.5. The van der Waals surface area contributed by atoms with E-state index in [0.717, 1.165) is 23.1 Å². The van der Waals surface area contributed by atoms with Crippen LogP contribution in [0.3, 0.4) is 0 Å². The van der Waals surface area contributed by atoms with Crippen molar-refractivity contribution in [3.63, 3.8) is 0 Å². The molecule has 26 heavy (non-hydrogen) atoms. The van der Waals surface area contributed by atoms with E-state index in [4.69, 9.17) is 0 Å². The molecule has 1 aromatic heterocycles. The molecule has 3 rings (SSSR count). The van der Waals surface area contributed by atoms with E-state index in [1.165, 1.54) is 24.3 Å². The van der Waals surface area contributed by atoms with Gasteiger partial charge in [-0.2, -0.15) is 0 Å². The molecule has 134 valence electrons. The molecule has 0 spiro atoms. The third kappa shape index (κ3) is 3.31. The number of rotatable bonds is 4. The second kappa shape index (κ2) is 6.30. The molecule has 0 aliphatic rings. The first-order valence-corrected chi connectivity index (χ1v) is 9.02. The molecule has 10 heteroatoms. The van der Waals surface area contributed by atoms with E-state index in [2.05, 4.69) is 10.3 Å². The van der Waals surface area contributed by atoms with Gasteiger partial charge in [0.05, 0.1) is 10.6 Å². The van der Waals surface area contributed by atoms with E-state index < -0.39 is 33.1 Å². The summed E-state index contributed by atoms with van der Waals surface area (Å²) in [5.74, 6) is -3.21. The maximum atomic E-state index is 13.6. The molecule has 0 atom stereocenters. The fraction of sp³-hybridized carbons (Fsp3) is 0.0625. The van der Waals surface area contributed by atoms with Gasteiger partial charge in [0, 0.05) is 17.9 Å². The van der Waals surface area contributed by atoms with Crippen molar-refractivity contribution in [2.75, 3.05) is 6.26 Å². The Bertz CT molecular complexity index is 1090. The lowest BCUT2D eigenvalue weighted by molar-refractivity contribution is 0.0691. The van der Waals surface area contributed by atoms with Crippen LogP contribution in [0.25, 0.3) is 16.9 Å². The van der Waals surface area contributed by atoms with E-state index in [1.54, 1.807) is 0 Å². The first-order chi connectivity index (χ1) is 12.2. The summed E-state index contributed by atoms with van der Waals surface area (Å²) in [6, 6.07) is 7.95. The molecule has 0 saturated heterocycles. The van der Waals surface area contributed by atoms with Crippen LogP contribution in [-0.2, 0) is 9.84 Å². The van der Waals surface area contributed by atoms with Gasteiger partial charge in [0.2, 0.25) is 0 Å². The Labute approximate surface area is 146 Å². The fourth-order valence-electron chi connectivity index (χ4n) is 2.39. The van der Waals surface area contributed by atoms with Gasteiger partial charge in [0.1, 0.15) is 17.3 Å². The van der Waals surface area contributed by atoms with Crippen LogP contribution in [-0.4, -0.2) is 40.7 Å². The topological polar surface area (TPSA) is 102 Å². The van der Waals surface area contributed by atoms with Gasteiger partial charge in [-0.3, -0.25) is 0 Å². The Kier molecular flexibility index (Phi) is 4.28. The van der Waals surface area contributed by atoms with Gasteiger partial charge in [-0.15, -0.1) is 5.10 Å². The molecule has 1 N–H and O–H groups in total. The summed E-state index contributed by atoms with van der Waals surface area (Å²) in [5.41, 5.74) is -0.431. The third-order valence-electron chi connectivity index (χ3n) is 3.52. The van der Waals surface area contributed by atoms with Crippen molar-refractivity contribution in [1.29, 1.82) is 0 Å². The lowest BCUT2D eigenvalue weighted by Gasteiger charge is -2.08. The molecule has 0 aliphatic carbocycles. The highest BCUT2D eigenvalue weighted by atomic mass is 32.2. The number of halogens is 2. The summed E-state index contributed by atoms with van der Waals surface area (Å²) >= 11 is 0. The highest BCUT2D eigenvalue weighted by Gasteiger charge is 2.23. The summed E-state index contributed by atoms with van der Waals surface area (Å²) in [5, 5.41) is 16.6. The van der Waals surface area contributed by atoms with Gasteiger partial charge in [-0.1, -0.05) is 5.21 Å². The summed E-state index contributed by atoms with van der Waals surface area (Å²) in [6.45, 7) is 0. The second-order valence-electron chi connectivity index (χ2n) is 5.43. The zero-order chi connectivity index (χ0) is 19.1. The Balaban J connectivity index is 2.22. The molecule has 0 aliphatic heterocycles. The Hall–Kier alpha value is -3.14. The van der Waals surface area contributed by atoms with Crippen molar-refractivity contribution in [2.45, 2.75) is 4.90 Å². The molecular formula is C16H11F2N3O4S. The maximum Gasteiger partial charge on any atom is 0.358 e. The number of aromatic nitrogens is 3. The first-order valence-electron chi connectivity index (χ1n) is 7.13. The van der Waals surface area contributed by atoms with Crippen LogP contribution in [0.2, 0.25) is 0 Å². The van der Waals surface area contributed by atoms with E-state index >= 15 is 0 Å². The van der Waals surface area contributed by atoms with Gasteiger partial charge < -0.3 is 5.11 Å². The van der Waals surface area contributed by atoms with Crippen LogP contribution >= 0.6 is 0 Å². The number of hydrogen-bond donors (Lipinski definition) is 1. The van der Waals surface area contributed by atoms with Crippen LogP contribution in [0.1, 0.15) is 10.5 Å². The molecule has 0 radical (unpaired) electrons. The van der Waals surface area contributed by atoms with Crippen molar-refractivity contribution < 1.29 is 27.1 Å². The third-order valence-corrected chi connectivity index (χ3v) is 4.65. The quantitative estimate of drug-likeness (QED) is 0.746. The van der Waals surface area contributed by atoms with Crippen LogP contribution in [0.4, 0.5) is 8.78 Å². The summed E-state index contributed by atoms with van der Waals surface area (Å²) in [6.07, 6.45) is 1.04. The number of carbonyl (C=O) groups is 1. The van der Waals surface area contributed by atoms with E-state index in [9.17, 15) is 27.1 Å². The number of nitrogens with zero attached hydrogens (tertiary/aromatic N) is 3. The SMILES string of the molecule is CS(=O)(=O)c1ccc(-n2nnc(C(=O)O)c2-c2cc(F)cc(F)c2)cc1. The predicted molar refractivity (Wildman–Crippen MR) is 86.8 cm³/mol. The number of benzene rings is 2. The van der Waals surface area contributed by atoms with Crippen LogP contribution in [0.5, 0.6) is 0 Å². The smallest absolute Gasteiger partial charge is 0.358 e. The molecular weight excluding hydrogens is 368 g/mol. The highest BCUT2D eigenvalue weighted by Crippen LogP contribution is 2.27. The molecule has 0 fully saturated rings. The van der Waals surface area contributed by atoms with E-state index in [0.29, 0.717) is 6.07 Å². The largest absolute Gasteiger partial charge is 0.476 e. The number of aromatic carboxylic acids is 1. The molecule has 0 bridgehead atoms. The predicted octanol–water partition coefficient (Wildman–Crippen LogP) is 2.31. The Morgan fingerprint density at radius 3 is 2.15 bits per heavy atom. The molecule has 0 unspecified atom stereocenters. The minimum atomic E-state index is -3.42. The highest BCUT2D eigenvalue weighted by molar-refractivity contribution is 7.90. The molecule has 0 saturated carbocycles. The average molecular weight is 379 g/mol. The van der Waals surface area contributed by atoms with Crippen molar-refractivity contribution >= 4 is 15.8 Å². The normalized spacial score (nSPS) is 11.5. The van der Waals surface area contributed by atoms with Gasteiger partial charge in [-0.25, -0.2) is 26.7 Å². The zero-order valence-corrected chi connectivity index (χ0v) is 14.0. The minimum absolute atomic E-state index is 0.0539.